The van der Waals surface area contributed by atoms with E-state index in [1.807, 2.05) is 60.7 Å². The van der Waals surface area contributed by atoms with E-state index in [1.54, 1.807) is 6.21 Å². The third-order valence-electron chi connectivity index (χ3n) is 4.29. The molecule has 4 aromatic rings. The summed E-state index contributed by atoms with van der Waals surface area (Å²) in [6.07, 6.45) is 1.56. The number of carbonyl (C=O) groups excluding carboxylic acids is 1. The summed E-state index contributed by atoms with van der Waals surface area (Å²) < 4.78 is 0. The van der Waals surface area contributed by atoms with Crippen LogP contribution in [0.15, 0.2) is 65.8 Å². The normalized spacial score (nSPS) is 11.1. The Morgan fingerprint density at radius 3 is 2.27 bits per heavy atom. The Labute approximate surface area is 172 Å². The van der Waals surface area contributed by atoms with Crippen molar-refractivity contribution in [2.75, 3.05) is 18.5 Å². The standard InChI is InChI=1S/C21H18N8O/c1-29(24-12-13-8-4-2-5-9-13)21(30)16-18(23)27-20-15(25-16)17(22)26-19(28-20)14-10-6-3-7-11-14/h2-12H,1H3,(H4,22,23,26,27,28)/b24-12-. The Balaban J connectivity index is 1.68. The number of nitrogens with two attached hydrogens (primary N) is 2. The number of rotatable bonds is 4. The van der Waals surface area contributed by atoms with Crippen LogP contribution in [0.4, 0.5) is 11.6 Å². The highest BCUT2D eigenvalue weighted by atomic mass is 16.2. The summed E-state index contributed by atoms with van der Waals surface area (Å²) in [5, 5.41) is 5.27. The minimum absolute atomic E-state index is 0.0635. The monoisotopic (exact) mass is 398 g/mol. The van der Waals surface area contributed by atoms with Crippen molar-refractivity contribution in [2.24, 2.45) is 5.10 Å². The molecule has 0 unspecified atom stereocenters. The molecule has 148 valence electrons. The van der Waals surface area contributed by atoms with Gasteiger partial charge in [-0.05, 0) is 5.56 Å². The van der Waals surface area contributed by atoms with Crippen molar-refractivity contribution in [3.05, 3.63) is 71.9 Å². The minimum Gasteiger partial charge on any atom is -0.382 e. The zero-order chi connectivity index (χ0) is 21.1. The Hall–Kier alpha value is -4.40. The molecule has 0 atom stereocenters. The topological polar surface area (TPSA) is 136 Å². The van der Waals surface area contributed by atoms with Crippen molar-refractivity contribution in [3.8, 4) is 11.4 Å². The fraction of sp³-hybridized carbons (Fsp3) is 0.0476. The van der Waals surface area contributed by atoms with E-state index in [0.717, 1.165) is 16.1 Å². The summed E-state index contributed by atoms with van der Waals surface area (Å²) in [7, 11) is 1.51. The number of hydrogen-bond acceptors (Lipinski definition) is 8. The molecule has 0 saturated heterocycles. The lowest BCUT2D eigenvalue weighted by Crippen LogP contribution is -2.24. The van der Waals surface area contributed by atoms with Gasteiger partial charge in [-0.25, -0.2) is 24.9 Å². The smallest absolute Gasteiger partial charge is 0.296 e. The largest absolute Gasteiger partial charge is 0.382 e. The number of aromatic nitrogens is 4. The minimum atomic E-state index is -0.527. The van der Waals surface area contributed by atoms with E-state index < -0.39 is 5.91 Å². The highest BCUT2D eigenvalue weighted by molar-refractivity contribution is 5.99. The molecule has 0 spiro atoms. The lowest BCUT2D eigenvalue weighted by atomic mass is 10.2. The number of nitrogens with zero attached hydrogens (tertiary/aromatic N) is 6. The first-order valence-corrected chi connectivity index (χ1v) is 9.06. The van der Waals surface area contributed by atoms with Gasteiger partial charge < -0.3 is 11.5 Å². The molecule has 0 saturated carbocycles. The molecular formula is C21H18N8O. The van der Waals surface area contributed by atoms with Crippen LogP contribution in [0.5, 0.6) is 0 Å². The molecule has 0 fully saturated rings. The van der Waals surface area contributed by atoms with Crippen LogP contribution in [0.1, 0.15) is 16.1 Å². The van der Waals surface area contributed by atoms with Gasteiger partial charge in [-0.1, -0.05) is 60.7 Å². The molecule has 2 aromatic heterocycles. The van der Waals surface area contributed by atoms with E-state index >= 15 is 0 Å². The highest BCUT2D eigenvalue weighted by Gasteiger charge is 2.20. The number of amides is 1. The van der Waals surface area contributed by atoms with E-state index in [1.165, 1.54) is 7.05 Å². The molecule has 1 amide bonds. The number of hydrogen-bond donors (Lipinski definition) is 2. The predicted molar refractivity (Wildman–Crippen MR) is 116 cm³/mol. The predicted octanol–water partition coefficient (Wildman–Crippen LogP) is 2.36. The molecule has 2 heterocycles. The van der Waals surface area contributed by atoms with Crippen molar-refractivity contribution in [1.29, 1.82) is 0 Å². The van der Waals surface area contributed by atoms with Gasteiger partial charge in [0.25, 0.3) is 5.91 Å². The average molecular weight is 398 g/mol. The zero-order valence-electron chi connectivity index (χ0n) is 16.1. The van der Waals surface area contributed by atoms with Gasteiger partial charge in [0.15, 0.2) is 34.3 Å². The molecule has 0 aliphatic carbocycles. The van der Waals surface area contributed by atoms with Gasteiger partial charge in [-0.3, -0.25) is 4.79 Å². The molecule has 0 bridgehead atoms. The number of benzene rings is 2. The number of anilines is 2. The summed E-state index contributed by atoms with van der Waals surface area (Å²) in [5.74, 6) is -0.0826. The molecule has 9 nitrogen and oxygen atoms in total. The maximum Gasteiger partial charge on any atom is 0.296 e. The van der Waals surface area contributed by atoms with Gasteiger partial charge in [0.2, 0.25) is 0 Å². The van der Waals surface area contributed by atoms with Crippen LogP contribution >= 0.6 is 0 Å². The van der Waals surface area contributed by atoms with E-state index in [0.29, 0.717) is 5.82 Å². The zero-order valence-corrected chi connectivity index (χ0v) is 16.1. The lowest BCUT2D eigenvalue weighted by Gasteiger charge is -2.12. The van der Waals surface area contributed by atoms with Gasteiger partial charge in [0.05, 0.1) is 6.21 Å². The summed E-state index contributed by atoms with van der Waals surface area (Å²) in [6, 6.07) is 18.7. The second kappa shape index (κ2) is 7.92. The molecule has 30 heavy (non-hydrogen) atoms. The van der Waals surface area contributed by atoms with Gasteiger partial charge in [0, 0.05) is 12.6 Å². The maximum absolute atomic E-state index is 12.8. The maximum atomic E-state index is 12.8. The summed E-state index contributed by atoms with van der Waals surface area (Å²) in [4.78, 5) is 30.0. The van der Waals surface area contributed by atoms with Gasteiger partial charge in [-0.2, -0.15) is 5.10 Å². The van der Waals surface area contributed by atoms with Crippen LogP contribution in [0.25, 0.3) is 22.6 Å². The number of carbonyl (C=O) groups is 1. The fourth-order valence-corrected chi connectivity index (χ4v) is 2.75. The fourth-order valence-electron chi connectivity index (χ4n) is 2.75. The molecule has 4 N–H and O–H groups in total. The molecule has 2 aromatic carbocycles. The van der Waals surface area contributed by atoms with Crippen LogP contribution in [-0.2, 0) is 0 Å². The van der Waals surface area contributed by atoms with Crippen LogP contribution in [-0.4, -0.2) is 44.1 Å². The van der Waals surface area contributed by atoms with E-state index in [9.17, 15) is 4.79 Å². The Morgan fingerprint density at radius 1 is 0.900 bits per heavy atom. The molecular weight excluding hydrogens is 380 g/mol. The summed E-state index contributed by atoms with van der Waals surface area (Å²) >= 11 is 0. The van der Waals surface area contributed by atoms with Crippen molar-refractivity contribution < 1.29 is 4.79 Å². The number of fused-ring (bicyclic) bond motifs is 1. The summed E-state index contributed by atoms with van der Waals surface area (Å²) in [5.41, 5.74) is 14.0. The molecule has 4 rings (SSSR count). The lowest BCUT2D eigenvalue weighted by molar-refractivity contribution is 0.0795. The van der Waals surface area contributed by atoms with E-state index in [4.69, 9.17) is 11.5 Å². The third kappa shape index (κ3) is 3.76. The molecule has 0 aliphatic heterocycles. The Morgan fingerprint density at radius 2 is 1.57 bits per heavy atom. The van der Waals surface area contributed by atoms with Gasteiger partial charge >= 0.3 is 0 Å². The second-order valence-corrected chi connectivity index (χ2v) is 6.41. The second-order valence-electron chi connectivity index (χ2n) is 6.41. The van der Waals surface area contributed by atoms with E-state index in [2.05, 4.69) is 25.0 Å². The molecule has 0 radical (unpaired) electrons. The first-order chi connectivity index (χ1) is 14.5. The average Bonchev–Trinajstić information content (AvgIpc) is 2.77. The van der Waals surface area contributed by atoms with Crippen LogP contribution in [0.2, 0.25) is 0 Å². The van der Waals surface area contributed by atoms with Crippen LogP contribution in [0, 0.1) is 0 Å². The van der Waals surface area contributed by atoms with E-state index in [-0.39, 0.29) is 28.5 Å². The van der Waals surface area contributed by atoms with Crippen LogP contribution in [0.3, 0.4) is 0 Å². The Kier molecular flexibility index (Phi) is 5.00. The van der Waals surface area contributed by atoms with Crippen molar-refractivity contribution in [2.45, 2.75) is 0 Å². The van der Waals surface area contributed by atoms with Gasteiger partial charge in [0.1, 0.15) is 0 Å². The first kappa shape index (κ1) is 18.9. The molecule has 9 heteroatoms. The third-order valence-corrected chi connectivity index (χ3v) is 4.29. The van der Waals surface area contributed by atoms with Crippen molar-refractivity contribution in [3.63, 3.8) is 0 Å². The molecule has 0 aliphatic rings. The van der Waals surface area contributed by atoms with Crippen molar-refractivity contribution >= 4 is 34.9 Å². The first-order valence-electron chi connectivity index (χ1n) is 9.06. The Bertz CT molecular complexity index is 1240. The van der Waals surface area contributed by atoms with Crippen molar-refractivity contribution in [1.82, 2.24) is 24.9 Å². The van der Waals surface area contributed by atoms with Crippen LogP contribution < -0.4 is 11.5 Å². The quantitative estimate of drug-likeness (QED) is 0.398. The number of nitrogen functional groups attached to an aromatic ring is 2. The highest BCUT2D eigenvalue weighted by Crippen LogP contribution is 2.23. The number of hydrazone groups is 1. The van der Waals surface area contributed by atoms with Gasteiger partial charge in [-0.15, -0.1) is 0 Å². The summed E-state index contributed by atoms with van der Waals surface area (Å²) in [6.45, 7) is 0. The SMILES string of the molecule is CN(/N=C\c1ccccc1)C(=O)c1nc2c(N)nc(-c3ccccc3)nc2nc1N.